The number of imide groups is 2. The Hall–Kier alpha value is -5.63. The van der Waals surface area contributed by atoms with Crippen molar-refractivity contribution in [1.29, 1.82) is 0 Å². The van der Waals surface area contributed by atoms with Crippen molar-refractivity contribution in [2.75, 3.05) is 9.80 Å². The zero-order chi connectivity index (χ0) is 33.3. The van der Waals surface area contributed by atoms with Crippen LogP contribution in [0.2, 0.25) is 0 Å². The van der Waals surface area contributed by atoms with Gasteiger partial charge < -0.3 is 5.11 Å². The Bertz CT molecular complexity index is 2020. The largest absolute Gasteiger partial charge is 0.508 e. The fourth-order valence-corrected chi connectivity index (χ4v) is 8.66. The van der Waals surface area contributed by atoms with Crippen LogP contribution in [0.3, 0.4) is 0 Å². The number of aromatic hydroxyl groups is 1. The van der Waals surface area contributed by atoms with E-state index in [1.54, 1.807) is 97.1 Å². The number of fused-ring (bicyclic) bond motifs is 4. The van der Waals surface area contributed by atoms with Crippen molar-refractivity contribution in [3.8, 4) is 5.75 Å². The molecule has 2 aliphatic carbocycles. The van der Waals surface area contributed by atoms with Crippen LogP contribution in [-0.2, 0) is 19.2 Å². The predicted octanol–water partition coefficient (Wildman–Crippen LogP) is 6.06. The molecule has 8 rings (SSSR count). The molecule has 6 atom stereocenters. The molecule has 1 saturated carbocycles. The predicted molar refractivity (Wildman–Crippen MR) is 178 cm³/mol. The molecule has 4 amide bonds. The van der Waals surface area contributed by atoms with E-state index in [1.165, 1.54) is 9.80 Å². The monoisotopic (exact) mass is 636 g/mol. The Labute approximate surface area is 277 Å². The number of hydrogen-bond acceptors (Lipinski definition) is 6. The van der Waals surface area contributed by atoms with Crippen molar-refractivity contribution in [3.63, 3.8) is 0 Å². The number of benzene rings is 4. The van der Waals surface area contributed by atoms with E-state index >= 15 is 0 Å². The first kappa shape index (κ1) is 29.8. The van der Waals surface area contributed by atoms with E-state index in [9.17, 15) is 29.1 Å². The van der Waals surface area contributed by atoms with Gasteiger partial charge in [-0.15, -0.1) is 0 Å². The van der Waals surface area contributed by atoms with Gasteiger partial charge in [0.1, 0.15) is 5.75 Å². The molecule has 4 aromatic rings. The molecule has 2 aliphatic heterocycles. The average molecular weight is 637 g/mol. The van der Waals surface area contributed by atoms with E-state index in [4.69, 9.17) is 0 Å². The first-order chi connectivity index (χ1) is 23.2. The number of hydrogen-bond donors (Lipinski definition) is 1. The lowest BCUT2D eigenvalue weighted by atomic mass is 9.51. The van der Waals surface area contributed by atoms with Crippen LogP contribution in [-0.4, -0.2) is 34.5 Å². The number of rotatable bonds is 5. The van der Waals surface area contributed by atoms with E-state index in [2.05, 4.69) is 0 Å². The number of ketones is 1. The normalized spacial score (nSPS) is 27.8. The summed E-state index contributed by atoms with van der Waals surface area (Å²) >= 11 is 0. The maximum absolute atomic E-state index is 14.4. The Kier molecular flexibility index (Phi) is 6.80. The Balaban J connectivity index is 1.17. The number of phenols is 1. The van der Waals surface area contributed by atoms with Gasteiger partial charge in [0, 0.05) is 17.0 Å². The smallest absolute Gasteiger partial charge is 0.241 e. The third kappa shape index (κ3) is 4.25. The molecule has 0 spiro atoms. The van der Waals surface area contributed by atoms with Crippen molar-refractivity contribution in [1.82, 2.24) is 0 Å². The van der Waals surface area contributed by atoms with Crippen LogP contribution in [0.1, 0.15) is 47.2 Å². The van der Waals surface area contributed by atoms with Crippen molar-refractivity contribution in [2.45, 2.75) is 25.7 Å². The maximum Gasteiger partial charge on any atom is 0.241 e. The molecule has 0 bridgehead atoms. The zero-order valence-corrected chi connectivity index (χ0v) is 26.2. The van der Waals surface area contributed by atoms with E-state index in [1.807, 2.05) is 25.1 Å². The fourth-order valence-electron chi connectivity index (χ4n) is 8.66. The highest BCUT2D eigenvalue weighted by atomic mass is 16.3. The summed E-state index contributed by atoms with van der Waals surface area (Å²) in [6, 6.07) is 31.0. The molecular weight excluding hydrogens is 604 g/mol. The Morgan fingerprint density at radius 3 is 1.96 bits per heavy atom. The summed E-state index contributed by atoms with van der Waals surface area (Å²) in [4.78, 5) is 72.5. The molecule has 4 aliphatic rings. The minimum absolute atomic E-state index is 0.0777. The molecule has 0 radical (unpaired) electrons. The summed E-state index contributed by atoms with van der Waals surface area (Å²) < 4.78 is 0. The van der Waals surface area contributed by atoms with Gasteiger partial charge >= 0.3 is 0 Å². The van der Waals surface area contributed by atoms with Gasteiger partial charge in [0.2, 0.25) is 23.6 Å². The highest BCUT2D eigenvalue weighted by Crippen LogP contribution is 2.63. The molecule has 48 heavy (non-hydrogen) atoms. The third-order valence-corrected chi connectivity index (χ3v) is 10.9. The van der Waals surface area contributed by atoms with E-state index in [-0.39, 0.29) is 41.6 Å². The van der Waals surface area contributed by atoms with Crippen molar-refractivity contribution in [2.24, 2.45) is 29.1 Å². The minimum atomic E-state index is -1.15. The van der Waals surface area contributed by atoms with E-state index in [0.29, 0.717) is 28.9 Å². The number of amides is 4. The van der Waals surface area contributed by atoms with Gasteiger partial charge in [-0.3, -0.25) is 28.9 Å². The van der Waals surface area contributed by atoms with Crippen molar-refractivity contribution in [3.05, 3.63) is 138 Å². The van der Waals surface area contributed by atoms with Gasteiger partial charge in [-0.05, 0) is 79.8 Å². The summed E-state index contributed by atoms with van der Waals surface area (Å²) in [5, 5.41) is 10.1. The topological polar surface area (TPSA) is 112 Å². The molecule has 8 nitrogen and oxygen atoms in total. The van der Waals surface area contributed by atoms with Gasteiger partial charge in [0.05, 0.1) is 34.5 Å². The van der Waals surface area contributed by atoms with Crippen molar-refractivity contribution < 1.29 is 29.1 Å². The number of anilines is 2. The summed E-state index contributed by atoms with van der Waals surface area (Å²) in [5.41, 5.74) is 2.37. The van der Waals surface area contributed by atoms with E-state index in [0.717, 1.165) is 11.1 Å². The first-order valence-corrected chi connectivity index (χ1v) is 16.2. The lowest BCUT2D eigenvalue weighted by molar-refractivity contribution is -0.131. The Morgan fingerprint density at radius 2 is 1.29 bits per heavy atom. The third-order valence-electron chi connectivity index (χ3n) is 10.9. The van der Waals surface area contributed by atoms with Crippen LogP contribution in [0.15, 0.2) is 121 Å². The summed E-state index contributed by atoms with van der Waals surface area (Å²) in [7, 11) is 0. The van der Waals surface area contributed by atoms with Gasteiger partial charge in [-0.25, -0.2) is 4.90 Å². The second-order valence-corrected chi connectivity index (χ2v) is 13.3. The molecule has 2 saturated heterocycles. The number of phenolic OH excluding ortho intramolecular Hbond substituents is 1. The molecule has 3 fully saturated rings. The van der Waals surface area contributed by atoms with Crippen LogP contribution in [0.25, 0.3) is 0 Å². The molecule has 0 aromatic heterocycles. The van der Waals surface area contributed by atoms with Gasteiger partial charge in [0.25, 0.3) is 0 Å². The number of para-hydroxylation sites is 1. The second kappa shape index (κ2) is 11.0. The summed E-state index contributed by atoms with van der Waals surface area (Å²) in [5.74, 6) is -4.39. The number of allylic oxidation sites excluding steroid dienone is 2. The second-order valence-electron chi connectivity index (χ2n) is 13.3. The molecular formula is C40H32N2O6. The minimum Gasteiger partial charge on any atom is -0.508 e. The molecule has 8 heteroatoms. The number of carbonyl (C=O) groups is 5. The quantitative estimate of drug-likeness (QED) is 0.162. The first-order valence-electron chi connectivity index (χ1n) is 16.2. The number of nitrogens with zero attached hydrogens (tertiary/aromatic N) is 2. The standard InChI is InChI=1S/C40H32N2O6/c1-40-32(37(46)42(39(40)48)26-10-6-3-7-11-26)22-31-29(34(40)23-14-18-28(43)19-15-23)20-21-30-33(31)38(47)41(36(30)45)27-16-12-25(13-17-27)35(44)24-8-4-2-5-9-24/h2-20,30-34,43H,21-22H2,1H3/t30-,31+,32-,33-,34-,40+/m0/s1. The summed E-state index contributed by atoms with van der Waals surface area (Å²) in [6.07, 6.45) is 2.58. The maximum atomic E-state index is 14.4. The molecule has 2 heterocycles. The van der Waals surface area contributed by atoms with Crippen LogP contribution < -0.4 is 9.80 Å². The van der Waals surface area contributed by atoms with Crippen LogP contribution in [0, 0.1) is 29.1 Å². The highest BCUT2D eigenvalue weighted by Gasteiger charge is 2.67. The van der Waals surface area contributed by atoms with E-state index < -0.39 is 35.0 Å². The van der Waals surface area contributed by atoms with Gasteiger partial charge in [-0.2, -0.15) is 0 Å². The molecule has 1 N–H and O–H groups in total. The summed E-state index contributed by atoms with van der Waals surface area (Å²) in [6.45, 7) is 1.84. The fraction of sp³-hybridized carbons (Fsp3) is 0.225. The van der Waals surface area contributed by atoms with Crippen LogP contribution in [0.5, 0.6) is 5.75 Å². The SMILES string of the molecule is C[C@@]12C(=O)N(c3ccccc3)C(=O)[C@@H]1C[C@@H]1C(=CC[C@@H]3C(=O)N(c4ccc(C(=O)c5ccccc5)cc4)C(=O)[C@@H]31)[C@@H]2c1ccc(O)cc1. The molecule has 238 valence electrons. The lowest BCUT2D eigenvalue weighted by Crippen LogP contribution is -2.48. The number of carbonyl (C=O) groups excluding carboxylic acids is 5. The average Bonchev–Trinajstić information content (AvgIpc) is 3.48. The van der Waals surface area contributed by atoms with Gasteiger partial charge in [-0.1, -0.05) is 72.3 Å². The zero-order valence-electron chi connectivity index (χ0n) is 26.2. The van der Waals surface area contributed by atoms with Gasteiger partial charge in [0.15, 0.2) is 5.78 Å². The van der Waals surface area contributed by atoms with Crippen LogP contribution in [0.4, 0.5) is 11.4 Å². The lowest BCUT2D eigenvalue weighted by Gasteiger charge is -2.49. The molecule has 4 aromatic carbocycles. The Morgan fingerprint density at radius 1 is 0.688 bits per heavy atom. The van der Waals surface area contributed by atoms with Crippen LogP contribution >= 0.6 is 0 Å². The highest BCUT2D eigenvalue weighted by molar-refractivity contribution is 6.25. The molecule has 0 unspecified atom stereocenters. The van der Waals surface area contributed by atoms with Crippen molar-refractivity contribution >= 4 is 40.8 Å².